The minimum Gasteiger partial charge on any atom is -0.356 e. The van der Waals surface area contributed by atoms with Crippen LogP contribution in [0.25, 0.3) is 0 Å². The van der Waals surface area contributed by atoms with Crippen molar-refractivity contribution in [3.05, 3.63) is 18.0 Å². The summed E-state index contributed by atoms with van der Waals surface area (Å²) in [5.74, 6) is 1.63. The first-order chi connectivity index (χ1) is 9.11. The zero-order valence-corrected chi connectivity index (χ0v) is 12.6. The molecule has 1 aromatic heterocycles. The van der Waals surface area contributed by atoms with Crippen molar-refractivity contribution in [2.45, 2.75) is 40.2 Å². The van der Waals surface area contributed by atoms with Gasteiger partial charge in [0.25, 0.3) is 0 Å². The van der Waals surface area contributed by atoms with Gasteiger partial charge in [-0.1, -0.05) is 13.8 Å². The monoisotopic (exact) mass is 265 g/mol. The van der Waals surface area contributed by atoms with Crippen LogP contribution in [0.1, 0.15) is 32.3 Å². The van der Waals surface area contributed by atoms with Crippen LogP contribution in [0.15, 0.2) is 17.4 Å². The van der Waals surface area contributed by atoms with Crippen LogP contribution in [-0.4, -0.2) is 35.9 Å². The molecule has 0 fully saturated rings. The molecule has 0 radical (unpaired) electrons. The predicted molar refractivity (Wildman–Crippen MR) is 80.4 cm³/mol. The molecule has 0 aromatic carbocycles. The number of aryl methyl sites for hydroxylation is 1. The smallest absolute Gasteiger partial charge is 0.191 e. The molecule has 0 spiro atoms. The summed E-state index contributed by atoms with van der Waals surface area (Å²) in [6, 6.07) is 0. The van der Waals surface area contributed by atoms with Crippen molar-refractivity contribution in [3.63, 3.8) is 0 Å². The van der Waals surface area contributed by atoms with Gasteiger partial charge in [0, 0.05) is 26.3 Å². The maximum Gasteiger partial charge on any atom is 0.191 e. The molecule has 19 heavy (non-hydrogen) atoms. The summed E-state index contributed by atoms with van der Waals surface area (Å²) in [5, 5.41) is 10.9. The molecule has 1 heterocycles. The molecular weight excluding hydrogens is 238 g/mol. The van der Waals surface area contributed by atoms with Gasteiger partial charge in [-0.3, -0.25) is 9.67 Å². The number of nitrogens with zero attached hydrogens (tertiary/aromatic N) is 3. The predicted octanol–water partition coefficient (Wildman–Crippen LogP) is 1.79. The molecule has 2 N–H and O–H groups in total. The highest BCUT2D eigenvalue weighted by molar-refractivity contribution is 5.79. The summed E-state index contributed by atoms with van der Waals surface area (Å²) in [7, 11) is 1.80. The fourth-order valence-corrected chi connectivity index (χ4v) is 1.82. The van der Waals surface area contributed by atoms with Gasteiger partial charge in [0.1, 0.15) is 0 Å². The van der Waals surface area contributed by atoms with E-state index < -0.39 is 0 Å². The van der Waals surface area contributed by atoms with E-state index in [0.717, 1.165) is 31.5 Å². The van der Waals surface area contributed by atoms with Crippen LogP contribution in [0.3, 0.4) is 0 Å². The maximum absolute atomic E-state index is 4.25. The Kier molecular flexibility index (Phi) is 7.00. The van der Waals surface area contributed by atoms with Crippen LogP contribution in [0.4, 0.5) is 0 Å². The molecular formula is C14H27N5. The van der Waals surface area contributed by atoms with Crippen molar-refractivity contribution in [2.75, 3.05) is 20.1 Å². The minimum atomic E-state index is 0.764. The molecule has 0 aliphatic carbocycles. The van der Waals surface area contributed by atoms with Crippen LogP contribution >= 0.6 is 0 Å². The standard InChI is InChI=1S/C14H27N5/c1-12(2)6-5-7-16-14(15-4)17-8-9-19-11-13(3)10-18-19/h10-12H,5-9H2,1-4H3,(H2,15,16,17). The highest BCUT2D eigenvalue weighted by Gasteiger charge is 1.99. The first-order valence-corrected chi connectivity index (χ1v) is 7.05. The molecule has 0 aliphatic rings. The van der Waals surface area contributed by atoms with Gasteiger partial charge in [0.2, 0.25) is 0 Å². The lowest BCUT2D eigenvalue weighted by Gasteiger charge is -2.12. The van der Waals surface area contributed by atoms with Crippen molar-refractivity contribution < 1.29 is 0 Å². The lowest BCUT2D eigenvalue weighted by atomic mass is 10.1. The highest BCUT2D eigenvalue weighted by atomic mass is 15.3. The Labute approximate surface area is 116 Å². The van der Waals surface area contributed by atoms with Crippen molar-refractivity contribution in [1.29, 1.82) is 0 Å². The van der Waals surface area contributed by atoms with Gasteiger partial charge < -0.3 is 10.6 Å². The SMILES string of the molecule is CN=C(NCCCC(C)C)NCCn1cc(C)cn1. The van der Waals surface area contributed by atoms with E-state index in [0.29, 0.717) is 0 Å². The number of aliphatic imine (C=N–C) groups is 1. The molecule has 5 nitrogen and oxygen atoms in total. The number of hydrogen-bond acceptors (Lipinski definition) is 2. The second-order valence-electron chi connectivity index (χ2n) is 5.24. The summed E-state index contributed by atoms with van der Waals surface area (Å²) in [5.41, 5.74) is 1.19. The third-order valence-electron chi connectivity index (χ3n) is 2.87. The summed E-state index contributed by atoms with van der Waals surface area (Å²) in [4.78, 5) is 4.21. The molecule has 0 bridgehead atoms. The number of guanidine groups is 1. The van der Waals surface area contributed by atoms with E-state index in [1.165, 1.54) is 18.4 Å². The van der Waals surface area contributed by atoms with Crippen LogP contribution in [0.5, 0.6) is 0 Å². The van der Waals surface area contributed by atoms with Gasteiger partial charge in [0.15, 0.2) is 5.96 Å². The van der Waals surface area contributed by atoms with E-state index in [2.05, 4.69) is 34.6 Å². The molecule has 5 heteroatoms. The fraction of sp³-hybridized carbons (Fsp3) is 0.714. The second-order valence-corrected chi connectivity index (χ2v) is 5.24. The Morgan fingerprint density at radius 1 is 1.37 bits per heavy atom. The van der Waals surface area contributed by atoms with Gasteiger partial charge >= 0.3 is 0 Å². The molecule has 0 saturated heterocycles. The quantitative estimate of drug-likeness (QED) is 0.449. The molecule has 1 aromatic rings. The topological polar surface area (TPSA) is 54.2 Å². The average molecular weight is 265 g/mol. The molecule has 1 rings (SSSR count). The first kappa shape index (κ1) is 15.5. The second kappa shape index (κ2) is 8.56. The van der Waals surface area contributed by atoms with Gasteiger partial charge in [-0.2, -0.15) is 5.10 Å². The van der Waals surface area contributed by atoms with Gasteiger partial charge in [0.05, 0.1) is 12.7 Å². The Hall–Kier alpha value is -1.52. The van der Waals surface area contributed by atoms with E-state index >= 15 is 0 Å². The van der Waals surface area contributed by atoms with Crippen LogP contribution in [-0.2, 0) is 6.54 Å². The Bertz CT molecular complexity index is 381. The third-order valence-corrected chi connectivity index (χ3v) is 2.87. The lowest BCUT2D eigenvalue weighted by molar-refractivity contribution is 0.547. The minimum absolute atomic E-state index is 0.764. The first-order valence-electron chi connectivity index (χ1n) is 7.05. The molecule has 0 aliphatic heterocycles. The summed E-state index contributed by atoms with van der Waals surface area (Å²) in [6.45, 7) is 9.19. The van der Waals surface area contributed by atoms with Gasteiger partial charge in [-0.15, -0.1) is 0 Å². The normalized spacial score (nSPS) is 11.9. The van der Waals surface area contributed by atoms with Crippen molar-refractivity contribution >= 4 is 5.96 Å². The third kappa shape index (κ3) is 6.84. The Morgan fingerprint density at radius 2 is 2.11 bits per heavy atom. The molecule has 0 saturated carbocycles. The molecule has 0 atom stereocenters. The van der Waals surface area contributed by atoms with E-state index in [9.17, 15) is 0 Å². The van der Waals surface area contributed by atoms with Crippen molar-refractivity contribution in [2.24, 2.45) is 10.9 Å². The van der Waals surface area contributed by atoms with Gasteiger partial charge in [-0.25, -0.2) is 0 Å². The summed E-state index contributed by atoms with van der Waals surface area (Å²) < 4.78 is 1.94. The summed E-state index contributed by atoms with van der Waals surface area (Å²) >= 11 is 0. The lowest BCUT2D eigenvalue weighted by Crippen LogP contribution is -2.39. The maximum atomic E-state index is 4.25. The zero-order valence-electron chi connectivity index (χ0n) is 12.6. The molecule has 0 amide bonds. The molecule has 0 unspecified atom stereocenters. The average Bonchev–Trinajstić information content (AvgIpc) is 2.78. The summed E-state index contributed by atoms with van der Waals surface area (Å²) in [6.07, 6.45) is 6.34. The van der Waals surface area contributed by atoms with Crippen molar-refractivity contribution in [1.82, 2.24) is 20.4 Å². The Balaban J connectivity index is 2.15. The fourth-order valence-electron chi connectivity index (χ4n) is 1.82. The number of rotatable bonds is 7. The largest absolute Gasteiger partial charge is 0.356 e. The number of nitrogens with one attached hydrogen (secondary N) is 2. The van der Waals surface area contributed by atoms with Crippen LogP contribution < -0.4 is 10.6 Å². The van der Waals surface area contributed by atoms with Crippen LogP contribution in [0, 0.1) is 12.8 Å². The van der Waals surface area contributed by atoms with E-state index in [1.54, 1.807) is 7.05 Å². The van der Waals surface area contributed by atoms with Gasteiger partial charge in [-0.05, 0) is 31.2 Å². The van der Waals surface area contributed by atoms with Crippen LogP contribution in [0.2, 0.25) is 0 Å². The van der Waals surface area contributed by atoms with E-state index in [-0.39, 0.29) is 0 Å². The van der Waals surface area contributed by atoms with E-state index in [1.807, 2.05) is 24.0 Å². The number of hydrogen-bond donors (Lipinski definition) is 2. The zero-order chi connectivity index (χ0) is 14.1. The Morgan fingerprint density at radius 3 is 2.68 bits per heavy atom. The van der Waals surface area contributed by atoms with E-state index in [4.69, 9.17) is 0 Å². The number of aromatic nitrogens is 2. The van der Waals surface area contributed by atoms with Crippen molar-refractivity contribution in [3.8, 4) is 0 Å². The molecule has 108 valence electrons. The highest BCUT2D eigenvalue weighted by Crippen LogP contribution is 2.01.